The van der Waals surface area contributed by atoms with E-state index in [2.05, 4.69) is 36.5 Å². The van der Waals surface area contributed by atoms with E-state index in [0.29, 0.717) is 5.22 Å². The first-order chi connectivity index (χ1) is 7.72. The van der Waals surface area contributed by atoms with Crippen molar-refractivity contribution in [1.29, 1.82) is 0 Å². The summed E-state index contributed by atoms with van der Waals surface area (Å²) in [6.07, 6.45) is 1.61. The summed E-state index contributed by atoms with van der Waals surface area (Å²) in [5.74, 6) is 0. The average Bonchev–Trinajstić information content (AvgIpc) is 2.69. The van der Waals surface area contributed by atoms with Crippen LogP contribution >= 0.6 is 11.6 Å². The molecule has 1 atom stereocenters. The number of halogens is 1. The fourth-order valence-corrected chi connectivity index (χ4v) is 1.99. The lowest BCUT2D eigenvalue weighted by atomic mass is 10.0. The van der Waals surface area contributed by atoms with E-state index >= 15 is 0 Å². The van der Waals surface area contributed by atoms with Crippen molar-refractivity contribution in [3.8, 4) is 0 Å². The minimum absolute atomic E-state index is 0.0758. The van der Waals surface area contributed by atoms with E-state index in [0.717, 1.165) is 5.56 Å². The minimum atomic E-state index is 0.0758. The predicted octanol–water partition coefficient (Wildman–Crippen LogP) is 3.55. The third kappa shape index (κ3) is 2.13. The second-order valence-electron chi connectivity index (χ2n) is 3.78. The van der Waals surface area contributed by atoms with Crippen molar-refractivity contribution in [2.45, 2.75) is 13.0 Å². The number of aryl methyl sites for hydroxylation is 1. The van der Waals surface area contributed by atoms with Crippen molar-refractivity contribution in [1.82, 2.24) is 5.32 Å². The SMILES string of the molecule is CNC(c1ccc(C)cc1)c1ccoc1Cl. The van der Waals surface area contributed by atoms with Crippen molar-refractivity contribution in [2.24, 2.45) is 0 Å². The Hall–Kier alpha value is -1.25. The summed E-state index contributed by atoms with van der Waals surface area (Å²) >= 11 is 5.99. The maximum Gasteiger partial charge on any atom is 0.198 e. The number of hydrogen-bond acceptors (Lipinski definition) is 2. The molecule has 0 aliphatic rings. The fraction of sp³-hybridized carbons (Fsp3) is 0.231. The van der Waals surface area contributed by atoms with Gasteiger partial charge in [-0.3, -0.25) is 0 Å². The first-order valence-corrected chi connectivity index (χ1v) is 5.57. The Morgan fingerprint density at radius 1 is 1.19 bits per heavy atom. The van der Waals surface area contributed by atoms with E-state index in [9.17, 15) is 0 Å². The summed E-state index contributed by atoms with van der Waals surface area (Å²) in [5.41, 5.74) is 3.39. The maximum absolute atomic E-state index is 5.99. The molecule has 16 heavy (non-hydrogen) atoms. The van der Waals surface area contributed by atoms with Crippen LogP contribution in [0.1, 0.15) is 22.7 Å². The summed E-state index contributed by atoms with van der Waals surface area (Å²) in [6, 6.07) is 10.3. The summed E-state index contributed by atoms with van der Waals surface area (Å²) in [6.45, 7) is 2.07. The summed E-state index contributed by atoms with van der Waals surface area (Å²) < 4.78 is 5.12. The van der Waals surface area contributed by atoms with E-state index < -0.39 is 0 Å². The van der Waals surface area contributed by atoms with Crippen LogP contribution < -0.4 is 5.32 Å². The van der Waals surface area contributed by atoms with Gasteiger partial charge in [-0.15, -0.1) is 0 Å². The molecule has 2 nitrogen and oxygen atoms in total. The van der Waals surface area contributed by atoms with Gasteiger partial charge in [0.25, 0.3) is 0 Å². The highest BCUT2D eigenvalue weighted by molar-refractivity contribution is 6.29. The molecule has 0 saturated heterocycles. The van der Waals surface area contributed by atoms with Crippen molar-refractivity contribution >= 4 is 11.6 Å². The first-order valence-electron chi connectivity index (χ1n) is 5.19. The largest absolute Gasteiger partial charge is 0.453 e. The van der Waals surface area contributed by atoms with Crippen LogP contribution in [0.4, 0.5) is 0 Å². The van der Waals surface area contributed by atoms with Gasteiger partial charge in [-0.1, -0.05) is 29.8 Å². The lowest BCUT2D eigenvalue weighted by molar-refractivity contribution is 0.559. The Kier molecular flexibility index (Phi) is 3.32. The van der Waals surface area contributed by atoms with Crippen LogP contribution in [-0.2, 0) is 0 Å². The van der Waals surface area contributed by atoms with Gasteiger partial charge in [0.2, 0.25) is 0 Å². The standard InChI is InChI=1S/C13H14ClNO/c1-9-3-5-10(6-4-9)12(15-2)11-7-8-16-13(11)14/h3-8,12,15H,1-2H3. The number of hydrogen-bond donors (Lipinski definition) is 1. The molecule has 84 valence electrons. The van der Waals surface area contributed by atoms with Crippen LogP contribution in [0.5, 0.6) is 0 Å². The van der Waals surface area contributed by atoms with Gasteiger partial charge < -0.3 is 9.73 Å². The van der Waals surface area contributed by atoms with E-state index in [1.165, 1.54) is 11.1 Å². The molecule has 0 saturated carbocycles. The van der Waals surface area contributed by atoms with Crippen LogP contribution in [-0.4, -0.2) is 7.05 Å². The van der Waals surface area contributed by atoms with Gasteiger partial charge in [-0.25, -0.2) is 0 Å². The van der Waals surface area contributed by atoms with Gasteiger partial charge in [0.05, 0.1) is 12.3 Å². The third-order valence-electron chi connectivity index (χ3n) is 2.66. The van der Waals surface area contributed by atoms with Gasteiger partial charge in [0, 0.05) is 5.56 Å². The zero-order valence-corrected chi connectivity index (χ0v) is 10.1. The lowest BCUT2D eigenvalue weighted by Gasteiger charge is -2.15. The zero-order valence-electron chi connectivity index (χ0n) is 9.33. The van der Waals surface area contributed by atoms with Gasteiger partial charge in [0.15, 0.2) is 5.22 Å². The summed E-state index contributed by atoms with van der Waals surface area (Å²) in [7, 11) is 1.91. The number of rotatable bonds is 3. The molecule has 0 aliphatic heterocycles. The van der Waals surface area contributed by atoms with Crippen molar-refractivity contribution in [3.05, 3.63) is 58.5 Å². The highest BCUT2D eigenvalue weighted by atomic mass is 35.5. The second-order valence-corrected chi connectivity index (χ2v) is 4.13. The molecule has 0 fully saturated rings. The van der Waals surface area contributed by atoms with Gasteiger partial charge in [-0.05, 0) is 37.2 Å². The van der Waals surface area contributed by atoms with Crippen molar-refractivity contribution in [3.63, 3.8) is 0 Å². The predicted molar refractivity (Wildman–Crippen MR) is 65.8 cm³/mol. The summed E-state index contributed by atoms with van der Waals surface area (Å²) in [4.78, 5) is 0. The second kappa shape index (κ2) is 4.73. The quantitative estimate of drug-likeness (QED) is 0.880. The maximum atomic E-state index is 5.99. The molecular formula is C13H14ClNO. The normalized spacial score (nSPS) is 12.7. The Bertz CT molecular complexity index is 461. The molecule has 3 heteroatoms. The lowest BCUT2D eigenvalue weighted by Crippen LogP contribution is -2.17. The molecule has 1 N–H and O–H groups in total. The Labute approximate surface area is 100 Å². The van der Waals surface area contributed by atoms with E-state index in [4.69, 9.17) is 16.0 Å². The zero-order chi connectivity index (χ0) is 11.5. The monoisotopic (exact) mass is 235 g/mol. The van der Waals surface area contributed by atoms with Crippen molar-refractivity contribution < 1.29 is 4.42 Å². The highest BCUT2D eigenvalue weighted by Crippen LogP contribution is 2.28. The molecule has 0 aliphatic carbocycles. The molecule has 0 amide bonds. The highest BCUT2D eigenvalue weighted by Gasteiger charge is 2.16. The van der Waals surface area contributed by atoms with E-state index in [-0.39, 0.29) is 6.04 Å². The van der Waals surface area contributed by atoms with Crippen LogP contribution in [0.2, 0.25) is 5.22 Å². The average molecular weight is 236 g/mol. The Morgan fingerprint density at radius 2 is 1.88 bits per heavy atom. The van der Waals surface area contributed by atoms with Crippen LogP contribution in [0, 0.1) is 6.92 Å². The van der Waals surface area contributed by atoms with Crippen LogP contribution in [0.3, 0.4) is 0 Å². The van der Waals surface area contributed by atoms with Crippen LogP contribution in [0.15, 0.2) is 41.0 Å². The molecule has 1 aromatic carbocycles. The van der Waals surface area contributed by atoms with Gasteiger partial charge >= 0.3 is 0 Å². The molecule has 0 bridgehead atoms. The fourth-order valence-electron chi connectivity index (χ4n) is 1.77. The minimum Gasteiger partial charge on any atom is -0.453 e. The number of furan rings is 1. The third-order valence-corrected chi connectivity index (χ3v) is 2.96. The first kappa shape index (κ1) is 11.2. The molecule has 1 unspecified atom stereocenters. The molecule has 0 radical (unpaired) electrons. The van der Waals surface area contributed by atoms with E-state index in [1.54, 1.807) is 6.26 Å². The van der Waals surface area contributed by atoms with Gasteiger partial charge in [-0.2, -0.15) is 0 Å². The van der Waals surface area contributed by atoms with E-state index in [1.807, 2.05) is 13.1 Å². The molecule has 1 aromatic heterocycles. The topological polar surface area (TPSA) is 25.2 Å². The molecule has 2 rings (SSSR count). The smallest absolute Gasteiger partial charge is 0.198 e. The van der Waals surface area contributed by atoms with Gasteiger partial charge in [0.1, 0.15) is 0 Å². The molecule has 1 heterocycles. The molecular weight excluding hydrogens is 222 g/mol. The molecule has 0 spiro atoms. The molecule has 2 aromatic rings. The summed E-state index contributed by atoms with van der Waals surface area (Å²) in [5, 5.41) is 3.68. The number of benzene rings is 1. The Balaban J connectivity index is 2.37. The number of nitrogens with one attached hydrogen (secondary N) is 1. The van der Waals surface area contributed by atoms with Crippen molar-refractivity contribution in [2.75, 3.05) is 7.05 Å². The van der Waals surface area contributed by atoms with Crippen LogP contribution in [0.25, 0.3) is 0 Å². The Morgan fingerprint density at radius 3 is 2.38 bits per heavy atom.